The average molecular weight is 466 g/mol. The van der Waals surface area contributed by atoms with E-state index < -0.39 is 0 Å². The van der Waals surface area contributed by atoms with Crippen LogP contribution in [0.15, 0.2) is 59.1 Å². The Morgan fingerprint density at radius 3 is 2.41 bits per heavy atom. The Balaban J connectivity index is 1.24. The Labute approximate surface area is 198 Å². The van der Waals surface area contributed by atoms with E-state index in [1.807, 2.05) is 37.3 Å². The summed E-state index contributed by atoms with van der Waals surface area (Å²) in [5.41, 5.74) is 1.36. The third-order valence-corrected chi connectivity index (χ3v) is 5.86. The molecular weight excluding hydrogens is 437 g/mol. The molecule has 0 aliphatic carbocycles. The van der Waals surface area contributed by atoms with Crippen molar-refractivity contribution in [3.05, 3.63) is 77.7 Å². The molecule has 1 aliphatic rings. The fraction of sp³-hybridized carbons (Fsp3) is 0.360. The van der Waals surface area contributed by atoms with Crippen molar-refractivity contribution in [2.24, 2.45) is 0 Å². The lowest BCUT2D eigenvalue weighted by molar-refractivity contribution is -0.118. The van der Waals surface area contributed by atoms with E-state index in [0.717, 1.165) is 5.69 Å². The van der Waals surface area contributed by atoms with Gasteiger partial charge in [-0.05, 0) is 43.3 Å². The SMILES string of the molecule is CCN(C(=O)CCc1nc(CN2CCN(C(=O)c3ccc(F)cc3)CC2)no1)c1ccccc1. The minimum absolute atomic E-state index is 0.00962. The van der Waals surface area contributed by atoms with Crippen molar-refractivity contribution >= 4 is 17.5 Å². The van der Waals surface area contributed by atoms with Crippen LogP contribution in [0.3, 0.4) is 0 Å². The van der Waals surface area contributed by atoms with Crippen LogP contribution in [-0.4, -0.2) is 64.5 Å². The van der Waals surface area contributed by atoms with Crippen molar-refractivity contribution in [1.82, 2.24) is 19.9 Å². The number of hydrogen-bond donors (Lipinski definition) is 0. The van der Waals surface area contributed by atoms with Crippen LogP contribution in [0.25, 0.3) is 0 Å². The highest BCUT2D eigenvalue weighted by Gasteiger charge is 2.23. The number of nitrogens with zero attached hydrogens (tertiary/aromatic N) is 5. The second-order valence-electron chi connectivity index (χ2n) is 8.15. The standard InChI is InChI=1S/C25H28FN5O3/c1-2-31(21-6-4-3-5-7-21)24(32)13-12-23-27-22(28-34-23)18-29-14-16-30(17-15-29)25(33)19-8-10-20(26)11-9-19/h3-11H,2,12-18H2,1H3. The van der Waals surface area contributed by atoms with Gasteiger partial charge in [0, 0.05) is 56.8 Å². The largest absolute Gasteiger partial charge is 0.339 e. The van der Waals surface area contributed by atoms with Gasteiger partial charge in [-0.25, -0.2) is 4.39 Å². The minimum Gasteiger partial charge on any atom is -0.339 e. The van der Waals surface area contributed by atoms with Gasteiger partial charge >= 0.3 is 0 Å². The lowest BCUT2D eigenvalue weighted by Crippen LogP contribution is -2.48. The van der Waals surface area contributed by atoms with Crippen LogP contribution in [-0.2, 0) is 17.8 Å². The van der Waals surface area contributed by atoms with Gasteiger partial charge in [-0.1, -0.05) is 23.4 Å². The number of carbonyl (C=O) groups excluding carboxylic acids is 2. The zero-order valence-electron chi connectivity index (χ0n) is 19.2. The number of benzene rings is 2. The second-order valence-corrected chi connectivity index (χ2v) is 8.15. The molecule has 8 nitrogen and oxygen atoms in total. The van der Waals surface area contributed by atoms with Crippen LogP contribution in [0.4, 0.5) is 10.1 Å². The number of anilines is 1. The van der Waals surface area contributed by atoms with Gasteiger partial charge in [0.2, 0.25) is 11.8 Å². The number of carbonyl (C=O) groups is 2. The number of amides is 2. The maximum absolute atomic E-state index is 13.1. The van der Waals surface area contributed by atoms with E-state index in [1.54, 1.807) is 9.80 Å². The molecule has 1 aliphatic heterocycles. The summed E-state index contributed by atoms with van der Waals surface area (Å²) in [6, 6.07) is 15.2. The normalized spacial score (nSPS) is 14.2. The van der Waals surface area contributed by atoms with Crippen molar-refractivity contribution in [2.75, 3.05) is 37.6 Å². The first-order valence-corrected chi connectivity index (χ1v) is 11.5. The maximum Gasteiger partial charge on any atom is 0.253 e. The molecule has 0 spiro atoms. The van der Waals surface area contributed by atoms with Crippen molar-refractivity contribution in [3.63, 3.8) is 0 Å². The number of piperazine rings is 1. The van der Waals surface area contributed by atoms with Crippen LogP contribution in [0, 0.1) is 5.82 Å². The molecule has 2 heterocycles. The summed E-state index contributed by atoms with van der Waals surface area (Å²) in [4.78, 5) is 35.3. The predicted octanol–water partition coefficient (Wildman–Crippen LogP) is 3.15. The highest BCUT2D eigenvalue weighted by molar-refractivity contribution is 5.94. The molecule has 9 heteroatoms. The maximum atomic E-state index is 13.1. The first-order chi connectivity index (χ1) is 16.5. The van der Waals surface area contributed by atoms with E-state index >= 15 is 0 Å². The van der Waals surface area contributed by atoms with Crippen LogP contribution in [0.5, 0.6) is 0 Å². The summed E-state index contributed by atoms with van der Waals surface area (Å²) in [7, 11) is 0. The smallest absolute Gasteiger partial charge is 0.253 e. The molecule has 2 amide bonds. The van der Waals surface area contributed by atoms with E-state index in [9.17, 15) is 14.0 Å². The fourth-order valence-corrected chi connectivity index (χ4v) is 4.00. The molecule has 1 aromatic heterocycles. The summed E-state index contributed by atoms with van der Waals surface area (Å²) in [6.07, 6.45) is 0.670. The quantitative estimate of drug-likeness (QED) is 0.508. The molecule has 178 valence electrons. The number of para-hydroxylation sites is 1. The van der Waals surface area contributed by atoms with Crippen molar-refractivity contribution in [2.45, 2.75) is 26.3 Å². The lowest BCUT2D eigenvalue weighted by Gasteiger charge is -2.34. The fourth-order valence-electron chi connectivity index (χ4n) is 4.00. The second kappa shape index (κ2) is 11.0. The molecule has 34 heavy (non-hydrogen) atoms. The first kappa shape index (κ1) is 23.6. The lowest BCUT2D eigenvalue weighted by atomic mass is 10.2. The molecular formula is C25H28FN5O3. The molecule has 3 aromatic rings. The summed E-state index contributed by atoms with van der Waals surface area (Å²) in [5.74, 6) is 0.566. The molecule has 0 N–H and O–H groups in total. The summed E-state index contributed by atoms with van der Waals surface area (Å²) in [6.45, 7) is 5.55. The number of aromatic nitrogens is 2. The molecule has 0 unspecified atom stereocenters. The molecule has 2 aromatic carbocycles. The summed E-state index contributed by atoms with van der Waals surface area (Å²) >= 11 is 0. The first-order valence-electron chi connectivity index (χ1n) is 11.5. The van der Waals surface area contributed by atoms with E-state index in [4.69, 9.17) is 4.52 Å². The van der Waals surface area contributed by atoms with E-state index in [1.165, 1.54) is 24.3 Å². The number of aryl methyl sites for hydroxylation is 1. The van der Waals surface area contributed by atoms with E-state index in [-0.39, 0.29) is 24.1 Å². The van der Waals surface area contributed by atoms with Crippen LogP contribution in [0.1, 0.15) is 35.4 Å². The van der Waals surface area contributed by atoms with Gasteiger partial charge in [-0.15, -0.1) is 0 Å². The van der Waals surface area contributed by atoms with Crippen molar-refractivity contribution in [3.8, 4) is 0 Å². The Kier molecular flexibility index (Phi) is 7.64. The van der Waals surface area contributed by atoms with Crippen LogP contribution >= 0.6 is 0 Å². The Morgan fingerprint density at radius 1 is 1.03 bits per heavy atom. The van der Waals surface area contributed by atoms with Gasteiger partial charge in [0.1, 0.15) is 5.82 Å². The predicted molar refractivity (Wildman–Crippen MR) is 125 cm³/mol. The number of rotatable bonds is 8. The average Bonchev–Trinajstić information content (AvgIpc) is 3.31. The zero-order valence-corrected chi connectivity index (χ0v) is 19.2. The third kappa shape index (κ3) is 5.85. The molecule has 1 fully saturated rings. The highest BCUT2D eigenvalue weighted by Crippen LogP contribution is 2.16. The molecule has 1 saturated heterocycles. The molecule has 0 radical (unpaired) electrons. The number of hydrogen-bond acceptors (Lipinski definition) is 6. The minimum atomic E-state index is -0.357. The van der Waals surface area contributed by atoms with Gasteiger partial charge in [0.05, 0.1) is 6.54 Å². The topological polar surface area (TPSA) is 82.8 Å². The van der Waals surface area contributed by atoms with Gasteiger partial charge in [0.25, 0.3) is 5.91 Å². The van der Waals surface area contributed by atoms with Crippen LogP contribution < -0.4 is 4.90 Å². The Bertz CT molecular complexity index is 1100. The molecule has 0 bridgehead atoms. The van der Waals surface area contributed by atoms with Crippen molar-refractivity contribution < 1.29 is 18.5 Å². The summed E-state index contributed by atoms with van der Waals surface area (Å²) in [5, 5.41) is 4.05. The van der Waals surface area contributed by atoms with Gasteiger partial charge in [-0.3, -0.25) is 14.5 Å². The molecule has 0 saturated carbocycles. The molecule has 0 atom stereocenters. The Morgan fingerprint density at radius 2 is 1.74 bits per heavy atom. The van der Waals surface area contributed by atoms with Gasteiger partial charge in [0.15, 0.2) is 5.82 Å². The van der Waals surface area contributed by atoms with Crippen LogP contribution in [0.2, 0.25) is 0 Å². The summed E-state index contributed by atoms with van der Waals surface area (Å²) < 4.78 is 18.4. The van der Waals surface area contributed by atoms with E-state index in [0.29, 0.717) is 63.0 Å². The monoisotopic (exact) mass is 465 g/mol. The van der Waals surface area contributed by atoms with Gasteiger partial charge < -0.3 is 14.3 Å². The van der Waals surface area contributed by atoms with Gasteiger partial charge in [-0.2, -0.15) is 4.98 Å². The van der Waals surface area contributed by atoms with E-state index in [2.05, 4.69) is 15.0 Å². The third-order valence-electron chi connectivity index (χ3n) is 5.86. The number of halogens is 1. The van der Waals surface area contributed by atoms with Crippen molar-refractivity contribution in [1.29, 1.82) is 0 Å². The zero-order chi connectivity index (χ0) is 23.9. The highest BCUT2D eigenvalue weighted by atomic mass is 19.1. The Hall–Kier alpha value is -3.59. The molecule has 4 rings (SSSR count).